The van der Waals surface area contributed by atoms with Crippen LogP contribution >= 0.6 is 24.0 Å². The van der Waals surface area contributed by atoms with Gasteiger partial charge in [0.25, 0.3) is 0 Å². The van der Waals surface area contributed by atoms with Gasteiger partial charge in [-0.05, 0) is 37.7 Å². The summed E-state index contributed by atoms with van der Waals surface area (Å²) in [6.45, 7) is 6.32. The van der Waals surface area contributed by atoms with Gasteiger partial charge in [0, 0.05) is 51.9 Å². The molecule has 3 unspecified atom stereocenters. The molecule has 2 heterocycles. The fourth-order valence-corrected chi connectivity index (χ4v) is 5.22. The predicted octanol–water partition coefficient (Wildman–Crippen LogP) is 2.10. The van der Waals surface area contributed by atoms with Crippen LogP contribution in [-0.4, -0.2) is 75.1 Å². The van der Waals surface area contributed by atoms with E-state index in [1.165, 1.54) is 11.8 Å². The van der Waals surface area contributed by atoms with Crippen LogP contribution in [0.3, 0.4) is 0 Å². The van der Waals surface area contributed by atoms with Crippen LogP contribution < -0.4 is 10.6 Å². The number of piperidine rings is 1. The zero-order chi connectivity index (χ0) is 20.9. The summed E-state index contributed by atoms with van der Waals surface area (Å²) in [6.07, 6.45) is 4.35. The molecule has 0 radical (unpaired) electrons. The molecule has 0 aromatic heterocycles. The highest BCUT2D eigenvalue weighted by Gasteiger charge is 2.29. The van der Waals surface area contributed by atoms with Gasteiger partial charge in [0.05, 0.1) is 6.26 Å². The lowest BCUT2D eigenvalue weighted by atomic mass is 9.97. The van der Waals surface area contributed by atoms with Crippen molar-refractivity contribution in [3.8, 4) is 0 Å². The normalized spacial score (nSPS) is 26.2. The molecule has 3 atom stereocenters. The summed E-state index contributed by atoms with van der Waals surface area (Å²) in [4.78, 5) is 6.92. The number of rotatable bonds is 6. The summed E-state index contributed by atoms with van der Waals surface area (Å²) >= 11 is 0. The standard InChI is InChI=1S/C21H35N5O2S.HI/c1-17-13-20(10-11-25(17)15-18-7-5-4-6-8-18)24-21(22-2)23-14-19-9-12-26(16-19)29(3,27)28;/h4-8,17,19-20H,9-16H2,1-3H3,(H2,22,23,24);1H. The van der Waals surface area contributed by atoms with Gasteiger partial charge in [-0.25, -0.2) is 12.7 Å². The minimum Gasteiger partial charge on any atom is -0.356 e. The Balaban J connectivity index is 0.00000320. The second kappa shape index (κ2) is 11.6. The van der Waals surface area contributed by atoms with Crippen molar-refractivity contribution in [1.82, 2.24) is 19.8 Å². The molecular weight excluding hydrogens is 513 g/mol. The molecule has 0 aliphatic carbocycles. The number of aliphatic imine (C=N–C) groups is 1. The zero-order valence-corrected chi connectivity index (χ0v) is 21.4. The second-order valence-electron chi connectivity index (χ2n) is 8.40. The number of benzene rings is 1. The van der Waals surface area contributed by atoms with Crippen molar-refractivity contribution in [2.75, 3.05) is 39.5 Å². The topological polar surface area (TPSA) is 77.0 Å². The van der Waals surface area contributed by atoms with Crippen molar-refractivity contribution in [2.24, 2.45) is 10.9 Å². The molecular formula is C21H36IN5O2S. The molecule has 170 valence electrons. The van der Waals surface area contributed by atoms with E-state index >= 15 is 0 Å². The lowest BCUT2D eigenvalue weighted by Crippen LogP contribution is -2.51. The van der Waals surface area contributed by atoms with E-state index in [2.05, 4.69) is 57.8 Å². The van der Waals surface area contributed by atoms with Gasteiger partial charge < -0.3 is 10.6 Å². The van der Waals surface area contributed by atoms with Gasteiger partial charge in [0.15, 0.2) is 5.96 Å². The van der Waals surface area contributed by atoms with Crippen LogP contribution in [0.1, 0.15) is 31.7 Å². The first-order chi connectivity index (χ1) is 13.8. The maximum atomic E-state index is 11.7. The highest BCUT2D eigenvalue weighted by molar-refractivity contribution is 14.0. The van der Waals surface area contributed by atoms with Gasteiger partial charge in [-0.1, -0.05) is 30.3 Å². The van der Waals surface area contributed by atoms with E-state index in [0.29, 0.717) is 31.1 Å². The van der Waals surface area contributed by atoms with Crippen molar-refractivity contribution >= 4 is 40.0 Å². The minimum absolute atomic E-state index is 0. The summed E-state index contributed by atoms with van der Waals surface area (Å²) in [5.74, 6) is 1.14. The molecule has 1 aromatic carbocycles. The first kappa shape index (κ1) is 25.4. The van der Waals surface area contributed by atoms with Crippen molar-refractivity contribution in [3.05, 3.63) is 35.9 Å². The third kappa shape index (κ3) is 7.35. The number of guanidine groups is 1. The van der Waals surface area contributed by atoms with Crippen molar-refractivity contribution in [3.63, 3.8) is 0 Å². The molecule has 0 bridgehead atoms. The van der Waals surface area contributed by atoms with E-state index in [1.54, 1.807) is 11.4 Å². The first-order valence-corrected chi connectivity index (χ1v) is 12.4. The van der Waals surface area contributed by atoms with Crippen LogP contribution in [0.25, 0.3) is 0 Å². The highest BCUT2D eigenvalue weighted by Crippen LogP contribution is 2.20. The summed E-state index contributed by atoms with van der Waals surface area (Å²) in [6, 6.07) is 11.6. The van der Waals surface area contributed by atoms with Gasteiger partial charge in [0.2, 0.25) is 10.0 Å². The van der Waals surface area contributed by atoms with Gasteiger partial charge in [-0.3, -0.25) is 9.89 Å². The lowest BCUT2D eigenvalue weighted by Gasteiger charge is -2.38. The van der Waals surface area contributed by atoms with Crippen LogP contribution in [-0.2, 0) is 16.6 Å². The third-order valence-corrected chi connectivity index (χ3v) is 7.35. The molecule has 2 aliphatic heterocycles. The molecule has 7 nitrogen and oxygen atoms in total. The zero-order valence-electron chi connectivity index (χ0n) is 18.3. The molecule has 1 aromatic rings. The van der Waals surface area contributed by atoms with Crippen molar-refractivity contribution in [2.45, 2.75) is 44.8 Å². The molecule has 30 heavy (non-hydrogen) atoms. The van der Waals surface area contributed by atoms with E-state index in [0.717, 1.165) is 44.9 Å². The number of nitrogens with zero attached hydrogens (tertiary/aromatic N) is 3. The number of nitrogens with one attached hydrogen (secondary N) is 2. The van der Waals surface area contributed by atoms with Gasteiger partial charge in [0.1, 0.15) is 0 Å². The van der Waals surface area contributed by atoms with E-state index < -0.39 is 10.0 Å². The van der Waals surface area contributed by atoms with Crippen LogP contribution in [0.2, 0.25) is 0 Å². The summed E-state index contributed by atoms with van der Waals surface area (Å²) < 4.78 is 24.9. The molecule has 0 spiro atoms. The quantitative estimate of drug-likeness (QED) is 0.323. The van der Waals surface area contributed by atoms with Crippen LogP contribution in [0, 0.1) is 5.92 Å². The van der Waals surface area contributed by atoms with Crippen LogP contribution in [0.15, 0.2) is 35.3 Å². The van der Waals surface area contributed by atoms with Crippen molar-refractivity contribution in [1.29, 1.82) is 0 Å². The average Bonchev–Trinajstić information content (AvgIpc) is 3.17. The molecule has 9 heteroatoms. The summed E-state index contributed by atoms with van der Waals surface area (Å²) in [7, 11) is -1.29. The Labute approximate surface area is 198 Å². The SMILES string of the molecule is CN=C(NCC1CCN(S(C)(=O)=O)C1)NC1CCN(Cc2ccccc2)C(C)C1.I. The summed E-state index contributed by atoms with van der Waals surface area (Å²) in [5, 5.41) is 6.97. The number of likely N-dealkylation sites (tertiary alicyclic amines) is 1. The smallest absolute Gasteiger partial charge is 0.211 e. The number of sulfonamides is 1. The van der Waals surface area contributed by atoms with Crippen LogP contribution in [0.4, 0.5) is 0 Å². The van der Waals surface area contributed by atoms with E-state index in [4.69, 9.17) is 0 Å². The summed E-state index contributed by atoms with van der Waals surface area (Å²) in [5.41, 5.74) is 1.36. The third-order valence-electron chi connectivity index (χ3n) is 6.08. The molecule has 2 saturated heterocycles. The fourth-order valence-electron chi connectivity index (χ4n) is 4.30. The Hall–Kier alpha value is -0.910. The molecule has 2 fully saturated rings. The monoisotopic (exact) mass is 549 g/mol. The van der Waals surface area contributed by atoms with E-state index in [1.807, 2.05) is 0 Å². The van der Waals surface area contributed by atoms with Gasteiger partial charge in [-0.2, -0.15) is 0 Å². The molecule has 3 rings (SSSR count). The number of hydrogen-bond acceptors (Lipinski definition) is 4. The Morgan fingerprint density at radius 1 is 1.20 bits per heavy atom. The average molecular weight is 550 g/mol. The number of halogens is 1. The first-order valence-electron chi connectivity index (χ1n) is 10.6. The van der Waals surface area contributed by atoms with Gasteiger partial charge in [-0.15, -0.1) is 24.0 Å². The molecule has 2 N–H and O–H groups in total. The second-order valence-corrected chi connectivity index (χ2v) is 10.4. The maximum absolute atomic E-state index is 11.7. The largest absolute Gasteiger partial charge is 0.356 e. The fraction of sp³-hybridized carbons (Fsp3) is 0.667. The van der Waals surface area contributed by atoms with Crippen molar-refractivity contribution < 1.29 is 8.42 Å². The predicted molar refractivity (Wildman–Crippen MR) is 134 cm³/mol. The lowest BCUT2D eigenvalue weighted by molar-refractivity contribution is 0.134. The highest BCUT2D eigenvalue weighted by atomic mass is 127. The molecule has 0 amide bonds. The Bertz CT molecular complexity index is 790. The minimum atomic E-state index is -3.08. The van der Waals surface area contributed by atoms with E-state index in [-0.39, 0.29) is 24.0 Å². The Morgan fingerprint density at radius 3 is 2.53 bits per heavy atom. The maximum Gasteiger partial charge on any atom is 0.211 e. The number of hydrogen-bond donors (Lipinski definition) is 2. The molecule has 0 saturated carbocycles. The van der Waals surface area contributed by atoms with Crippen LogP contribution in [0.5, 0.6) is 0 Å². The Kier molecular flexibility index (Phi) is 9.83. The molecule has 2 aliphatic rings. The Morgan fingerprint density at radius 2 is 1.93 bits per heavy atom. The van der Waals surface area contributed by atoms with Gasteiger partial charge >= 0.3 is 0 Å². The van der Waals surface area contributed by atoms with E-state index in [9.17, 15) is 8.42 Å².